The van der Waals surface area contributed by atoms with E-state index in [0.717, 1.165) is 34.5 Å². The van der Waals surface area contributed by atoms with Gasteiger partial charge in [0.1, 0.15) is 0 Å². The molecule has 0 unspecified atom stereocenters. The first-order valence-corrected chi connectivity index (χ1v) is 7.05. The first-order valence-electron chi connectivity index (χ1n) is 5.68. The average Bonchev–Trinajstić information content (AvgIpc) is 2.77. The molecule has 0 aliphatic rings. The second-order valence-corrected chi connectivity index (χ2v) is 5.25. The van der Waals surface area contributed by atoms with Crippen LogP contribution in [-0.2, 0) is 6.54 Å². The molecule has 2 aromatic rings. The molecule has 1 heterocycles. The highest BCUT2D eigenvalue weighted by atomic mass is 35.5. The Labute approximate surface area is 111 Å². The zero-order chi connectivity index (χ0) is 12.1. The maximum Gasteiger partial charge on any atom is 0.168 e. The zero-order valence-corrected chi connectivity index (χ0v) is 11.3. The van der Waals surface area contributed by atoms with Crippen LogP contribution < -0.4 is 0 Å². The molecule has 0 fully saturated rings. The van der Waals surface area contributed by atoms with Gasteiger partial charge in [0.15, 0.2) is 5.16 Å². The van der Waals surface area contributed by atoms with E-state index in [1.165, 1.54) is 0 Å². The highest BCUT2D eigenvalue weighted by molar-refractivity contribution is 7.99. The summed E-state index contributed by atoms with van der Waals surface area (Å²) < 4.78 is 2.14. The summed E-state index contributed by atoms with van der Waals surface area (Å²) in [6.07, 6.45) is 5.00. The van der Waals surface area contributed by atoms with Crippen LogP contribution in [0.5, 0.6) is 0 Å². The Balaban J connectivity index is 2.13. The standard InChI is InChI=1S/C13H15ClN2S/c1-2-9-17-13-15-7-8-16(13)10-11-5-3-4-6-12(11)14/h3-8H,2,9-10H2,1H3. The Bertz CT molecular complexity index is 482. The van der Waals surface area contributed by atoms with Gasteiger partial charge in [0.2, 0.25) is 0 Å². The van der Waals surface area contributed by atoms with Crippen molar-refractivity contribution in [2.45, 2.75) is 25.0 Å². The van der Waals surface area contributed by atoms with Crippen molar-refractivity contribution in [2.24, 2.45) is 0 Å². The molecule has 0 spiro atoms. The number of rotatable bonds is 5. The maximum absolute atomic E-state index is 6.16. The predicted molar refractivity (Wildman–Crippen MR) is 73.8 cm³/mol. The van der Waals surface area contributed by atoms with E-state index >= 15 is 0 Å². The average molecular weight is 267 g/mol. The van der Waals surface area contributed by atoms with Gasteiger partial charge in [-0.3, -0.25) is 0 Å². The monoisotopic (exact) mass is 266 g/mol. The number of hydrogen-bond donors (Lipinski definition) is 0. The first kappa shape index (κ1) is 12.5. The number of aromatic nitrogens is 2. The third-order valence-corrected chi connectivity index (χ3v) is 3.99. The Hall–Kier alpha value is -0.930. The summed E-state index contributed by atoms with van der Waals surface area (Å²) in [6, 6.07) is 7.94. The molecule has 0 saturated heterocycles. The highest BCUT2D eigenvalue weighted by Gasteiger charge is 2.05. The molecule has 0 radical (unpaired) electrons. The summed E-state index contributed by atoms with van der Waals surface area (Å²) in [7, 11) is 0. The van der Waals surface area contributed by atoms with Crippen molar-refractivity contribution < 1.29 is 0 Å². The molecule has 0 atom stereocenters. The van der Waals surface area contributed by atoms with Crippen LogP contribution in [0.25, 0.3) is 0 Å². The van der Waals surface area contributed by atoms with E-state index in [1.807, 2.05) is 30.6 Å². The number of thioether (sulfide) groups is 1. The lowest BCUT2D eigenvalue weighted by Gasteiger charge is -2.08. The first-order chi connectivity index (χ1) is 8.31. The van der Waals surface area contributed by atoms with Gasteiger partial charge in [-0.05, 0) is 18.1 Å². The second-order valence-electron chi connectivity index (χ2n) is 3.78. The Morgan fingerprint density at radius 3 is 2.94 bits per heavy atom. The van der Waals surface area contributed by atoms with Gasteiger partial charge < -0.3 is 4.57 Å². The lowest BCUT2D eigenvalue weighted by Crippen LogP contribution is -2.01. The molecule has 2 rings (SSSR count). The summed E-state index contributed by atoms with van der Waals surface area (Å²) in [6.45, 7) is 2.96. The fraction of sp³-hybridized carbons (Fsp3) is 0.308. The van der Waals surface area contributed by atoms with Crippen molar-refractivity contribution in [3.05, 3.63) is 47.2 Å². The Morgan fingerprint density at radius 1 is 1.35 bits per heavy atom. The van der Waals surface area contributed by atoms with Gasteiger partial charge in [0.05, 0.1) is 6.54 Å². The van der Waals surface area contributed by atoms with Crippen LogP contribution in [0.4, 0.5) is 0 Å². The summed E-state index contributed by atoms with van der Waals surface area (Å²) in [5.74, 6) is 1.10. The highest BCUT2D eigenvalue weighted by Crippen LogP contribution is 2.21. The van der Waals surface area contributed by atoms with E-state index in [4.69, 9.17) is 11.6 Å². The SMILES string of the molecule is CCCSc1nccn1Cc1ccccc1Cl. The van der Waals surface area contributed by atoms with E-state index in [-0.39, 0.29) is 0 Å². The van der Waals surface area contributed by atoms with Crippen LogP contribution in [0.1, 0.15) is 18.9 Å². The molecule has 0 bridgehead atoms. The van der Waals surface area contributed by atoms with Crippen molar-refractivity contribution in [3.63, 3.8) is 0 Å². The number of benzene rings is 1. The molecule has 1 aromatic carbocycles. The van der Waals surface area contributed by atoms with E-state index < -0.39 is 0 Å². The van der Waals surface area contributed by atoms with Gasteiger partial charge in [-0.15, -0.1) is 0 Å². The van der Waals surface area contributed by atoms with Crippen LogP contribution in [0.2, 0.25) is 5.02 Å². The summed E-state index contributed by atoms with van der Waals surface area (Å²) in [5, 5.41) is 1.87. The number of nitrogens with zero attached hydrogens (tertiary/aromatic N) is 2. The Kier molecular flexibility index (Phi) is 4.51. The number of imidazole rings is 1. The van der Waals surface area contributed by atoms with Crippen molar-refractivity contribution in [2.75, 3.05) is 5.75 Å². The third kappa shape index (κ3) is 3.27. The van der Waals surface area contributed by atoms with Crippen LogP contribution in [0.3, 0.4) is 0 Å². The molecule has 2 nitrogen and oxygen atoms in total. The zero-order valence-electron chi connectivity index (χ0n) is 9.77. The lowest BCUT2D eigenvalue weighted by atomic mass is 10.2. The number of halogens is 1. The molecule has 1 aromatic heterocycles. The summed E-state index contributed by atoms with van der Waals surface area (Å²) >= 11 is 7.94. The van der Waals surface area contributed by atoms with Gasteiger partial charge in [-0.25, -0.2) is 4.98 Å². The van der Waals surface area contributed by atoms with Crippen LogP contribution in [0.15, 0.2) is 41.8 Å². The van der Waals surface area contributed by atoms with E-state index in [1.54, 1.807) is 11.8 Å². The number of hydrogen-bond acceptors (Lipinski definition) is 2. The molecule has 0 saturated carbocycles. The lowest BCUT2D eigenvalue weighted by molar-refractivity contribution is 0.708. The smallest absolute Gasteiger partial charge is 0.168 e. The van der Waals surface area contributed by atoms with Crippen molar-refractivity contribution in [1.29, 1.82) is 0 Å². The van der Waals surface area contributed by atoms with Gasteiger partial charge in [-0.1, -0.05) is 48.5 Å². The van der Waals surface area contributed by atoms with Gasteiger partial charge >= 0.3 is 0 Å². The minimum absolute atomic E-state index is 0.783. The minimum Gasteiger partial charge on any atom is -0.322 e. The largest absolute Gasteiger partial charge is 0.322 e. The van der Waals surface area contributed by atoms with E-state index in [2.05, 4.69) is 22.5 Å². The quantitative estimate of drug-likeness (QED) is 0.759. The fourth-order valence-corrected chi connectivity index (χ4v) is 2.57. The van der Waals surface area contributed by atoms with E-state index in [9.17, 15) is 0 Å². The van der Waals surface area contributed by atoms with Crippen molar-refractivity contribution in [1.82, 2.24) is 9.55 Å². The molecule has 0 N–H and O–H groups in total. The van der Waals surface area contributed by atoms with Gasteiger partial charge in [-0.2, -0.15) is 0 Å². The third-order valence-electron chi connectivity index (χ3n) is 2.41. The topological polar surface area (TPSA) is 17.8 Å². The predicted octanol–water partition coefficient (Wildman–Crippen LogP) is 4.09. The fourth-order valence-electron chi connectivity index (χ4n) is 1.56. The molecule has 4 heteroatoms. The normalized spacial score (nSPS) is 10.7. The molecule has 90 valence electrons. The van der Waals surface area contributed by atoms with Crippen molar-refractivity contribution >= 4 is 23.4 Å². The summed E-state index contributed by atoms with van der Waals surface area (Å²) in [5.41, 5.74) is 1.13. The molecule has 0 amide bonds. The Morgan fingerprint density at radius 2 is 2.18 bits per heavy atom. The second kappa shape index (κ2) is 6.12. The molecular weight excluding hydrogens is 252 g/mol. The van der Waals surface area contributed by atoms with Crippen LogP contribution in [-0.4, -0.2) is 15.3 Å². The van der Waals surface area contributed by atoms with Gasteiger partial charge in [0.25, 0.3) is 0 Å². The molecule has 0 aliphatic carbocycles. The van der Waals surface area contributed by atoms with Gasteiger partial charge in [0, 0.05) is 23.2 Å². The molecular formula is C13H15ClN2S. The van der Waals surface area contributed by atoms with Crippen LogP contribution >= 0.6 is 23.4 Å². The van der Waals surface area contributed by atoms with Crippen LogP contribution in [0, 0.1) is 0 Å². The molecule has 0 aliphatic heterocycles. The minimum atomic E-state index is 0.783. The molecule has 17 heavy (non-hydrogen) atoms. The summed E-state index contributed by atoms with van der Waals surface area (Å²) in [4.78, 5) is 4.36. The van der Waals surface area contributed by atoms with E-state index in [0.29, 0.717) is 0 Å². The maximum atomic E-state index is 6.16. The van der Waals surface area contributed by atoms with Crippen molar-refractivity contribution in [3.8, 4) is 0 Å².